The minimum atomic E-state index is -1.58. The Bertz CT molecular complexity index is 1400. The Kier molecular flexibility index (Phi) is 9.64. The van der Waals surface area contributed by atoms with Crippen molar-refractivity contribution >= 4 is 11.8 Å². The van der Waals surface area contributed by atoms with Gasteiger partial charge in [-0.3, -0.25) is 9.59 Å². The first-order chi connectivity index (χ1) is 20.1. The Labute approximate surface area is 242 Å². The second kappa shape index (κ2) is 13.5. The van der Waals surface area contributed by atoms with E-state index in [1.54, 1.807) is 48.5 Å². The summed E-state index contributed by atoms with van der Waals surface area (Å²) in [7, 11) is 0. The molecule has 0 heterocycles. The number of phenolic OH excluding ortho intramolecular Hbond substituents is 4. The minimum absolute atomic E-state index is 0.0197. The summed E-state index contributed by atoms with van der Waals surface area (Å²) in [6.07, 6.45) is -2.93. The highest BCUT2D eigenvalue weighted by atomic mass is 16.3. The molecule has 10 nitrogen and oxygen atoms in total. The molecular formula is C32H32N2O8. The molecule has 8 N–H and O–H groups in total. The molecule has 0 aromatic heterocycles. The van der Waals surface area contributed by atoms with Gasteiger partial charge in [-0.2, -0.15) is 0 Å². The SMILES string of the molecule is O=C(N[C@@H](Cc1ccccc1)[C@H](O)[C@H](O)[C@H](Cc1ccccc1)NC(=O)c1ccc(O)c(O)c1)c1ccc(O)c(O)c1. The molecule has 0 bridgehead atoms. The van der Waals surface area contributed by atoms with E-state index in [0.29, 0.717) is 0 Å². The molecule has 0 fully saturated rings. The second-order valence-corrected chi connectivity index (χ2v) is 9.93. The predicted octanol–water partition coefficient (Wildman–Crippen LogP) is 2.61. The van der Waals surface area contributed by atoms with Crippen LogP contribution in [0.2, 0.25) is 0 Å². The zero-order valence-corrected chi connectivity index (χ0v) is 22.5. The van der Waals surface area contributed by atoms with Crippen molar-refractivity contribution in [2.24, 2.45) is 0 Å². The minimum Gasteiger partial charge on any atom is -0.504 e. The number of phenols is 4. The molecule has 0 aliphatic carbocycles. The summed E-state index contributed by atoms with van der Waals surface area (Å²) >= 11 is 0. The zero-order valence-electron chi connectivity index (χ0n) is 22.5. The van der Waals surface area contributed by atoms with Crippen molar-refractivity contribution in [3.63, 3.8) is 0 Å². The van der Waals surface area contributed by atoms with Crippen LogP contribution in [0.4, 0.5) is 0 Å². The van der Waals surface area contributed by atoms with Crippen molar-refractivity contribution in [1.82, 2.24) is 10.6 Å². The summed E-state index contributed by atoms with van der Waals surface area (Å²) in [5.74, 6) is -3.11. The van der Waals surface area contributed by atoms with Crippen molar-refractivity contribution in [1.29, 1.82) is 0 Å². The van der Waals surface area contributed by atoms with Gasteiger partial charge in [0.15, 0.2) is 23.0 Å². The molecule has 4 atom stereocenters. The van der Waals surface area contributed by atoms with Crippen LogP contribution in [0.1, 0.15) is 31.8 Å². The number of benzene rings is 4. The third-order valence-electron chi connectivity index (χ3n) is 6.88. The topological polar surface area (TPSA) is 180 Å². The number of carbonyl (C=O) groups is 2. The Morgan fingerprint density at radius 1 is 0.524 bits per heavy atom. The molecule has 2 amide bonds. The van der Waals surface area contributed by atoms with Gasteiger partial charge in [-0.05, 0) is 60.4 Å². The van der Waals surface area contributed by atoms with Gasteiger partial charge in [-0.15, -0.1) is 0 Å². The lowest BCUT2D eigenvalue weighted by Crippen LogP contribution is -2.57. The normalized spacial score (nSPS) is 13.9. The van der Waals surface area contributed by atoms with Gasteiger partial charge in [0.1, 0.15) is 12.2 Å². The van der Waals surface area contributed by atoms with E-state index < -0.39 is 59.1 Å². The molecule has 4 aromatic rings. The third-order valence-corrected chi connectivity index (χ3v) is 6.88. The lowest BCUT2D eigenvalue weighted by atomic mass is 9.90. The van der Waals surface area contributed by atoms with Gasteiger partial charge >= 0.3 is 0 Å². The number of aliphatic hydroxyl groups is 2. The number of aliphatic hydroxyl groups excluding tert-OH is 2. The molecular weight excluding hydrogens is 540 g/mol. The second-order valence-electron chi connectivity index (χ2n) is 9.93. The van der Waals surface area contributed by atoms with E-state index in [2.05, 4.69) is 10.6 Å². The number of amides is 2. The molecule has 0 unspecified atom stereocenters. The number of nitrogens with one attached hydrogen (secondary N) is 2. The number of hydrogen-bond donors (Lipinski definition) is 8. The molecule has 42 heavy (non-hydrogen) atoms. The van der Waals surface area contributed by atoms with Gasteiger partial charge in [-0.25, -0.2) is 0 Å². The van der Waals surface area contributed by atoms with Crippen LogP contribution in [-0.2, 0) is 12.8 Å². The van der Waals surface area contributed by atoms with Gasteiger partial charge in [0.25, 0.3) is 11.8 Å². The summed E-state index contributed by atoms with van der Waals surface area (Å²) in [6, 6.07) is 23.0. The van der Waals surface area contributed by atoms with Crippen LogP contribution in [-0.4, -0.2) is 66.7 Å². The average Bonchev–Trinajstić information content (AvgIpc) is 2.99. The lowest BCUT2D eigenvalue weighted by Gasteiger charge is -2.33. The van der Waals surface area contributed by atoms with Crippen LogP contribution in [0.5, 0.6) is 23.0 Å². The number of aromatic hydroxyl groups is 4. The van der Waals surface area contributed by atoms with Crippen molar-refractivity contribution in [3.8, 4) is 23.0 Å². The Morgan fingerprint density at radius 3 is 1.21 bits per heavy atom. The van der Waals surface area contributed by atoms with Crippen molar-refractivity contribution < 1.29 is 40.2 Å². The Morgan fingerprint density at radius 2 is 0.881 bits per heavy atom. The van der Waals surface area contributed by atoms with E-state index in [9.17, 15) is 40.2 Å². The molecule has 0 spiro atoms. The fourth-order valence-corrected chi connectivity index (χ4v) is 4.56. The predicted molar refractivity (Wildman–Crippen MR) is 154 cm³/mol. The third kappa shape index (κ3) is 7.57. The molecule has 4 aromatic carbocycles. The maximum atomic E-state index is 13.1. The largest absolute Gasteiger partial charge is 0.504 e. The zero-order chi connectivity index (χ0) is 30.2. The number of carbonyl (C=O) groups excluding carboxylic acids is 2. The quantitative estimate of drug-likeness (QED) is 0.126. The first-order valence-corrected chi connectivity index (χ1v) is 13.2. The molecule has 0 saturated heterocycles. The van der Waals surface area contributed by atoms with Gasteiger partial charge < -0.3 is 41.3 Å². The highest BCUT2D eigenvalue weighted by Crippen LogP contribution is 2.26. The van der Waals surface area contributed by atoms with E-state index >= 15 is 0 Å². The Balaban J connectivity index is 1.62. The van der Waals surface area contributed by atoms with Crippen LogP contribution >= 0.6 is 0 Å². The maximum absolute atomic E-state index is 13.1. The molecule has 218 valence electrons. The number of rotatable bonds is 11. The first-order valence-electron chi connectivity index (χ1n) is 13.2. The average molecular weight is 573 g/mol. The lowest BCUT2D eigenvalue weighted by molar-refractivity contribution is -0.0219. The first kappa shape index (κ1) is 29.9. The van der Waals surface area contributed by atoms with Gasteiger partial charge in [-0.1, -0.05) is 60.7 Å². The molecule has 0 radical (unpaired) electrons. The highest BCUT2D eigenvalue weighted by Gasteiger charge is 2.35. The molecule has 0 aliphatic rings. The molecule has 10 heteroatoms. The van der Waals surface area contributed by atoms with E-state index in [1.807, 2.05) is 12.1 Å². The van der Waals surface area contributed by atoms with E-state index in [4.69, 9.17) is 0 Å². The summed E-state index contributed by atoms with van der Waals surface area (Å²) in [6.45, 7) is 0. The van der Waals surface area contributed by atoms with Crippen LogP contribution in [0.3, 0.4) is 0 Å². The van der Waals surface area contributed by atoms with Gasteiger partial charge in [0, 0.05) is 11.1 Å². The standard InChI is InChI=1S/C32H32N2O8/c35-25-13-11-21(17-27(25)37)31(41)33-23(15-19-7-3-1-4-8-19)29(39)30(40)24(16-20-9-5-2-6-10-20)34-32(42)22-12-14-26(36)28(38)18-22/h1-14,17-18,23-24,29-30,35-40H,15-16H2,(H,33,41)(H,34,42)/t23-,24-,29-,30+/m0/s1. The monoisotopic (exact) mass is 572 g/mol. The summed E-state index contributed by atoms with van der Waals surface area (Å²) in [4.78, 5) is 26.2. The van der Waals surface area contributed by atoms with Crippen LogP contribution in [0.25, 0.3) is 0 Å². The van der Waals surface area contributed by atoms with Crippen molar-refractivity contribution in [2.45, 2.75) is 37.1 Å². The number of hydrogen-bond acceptors (Lipinski definition) is 8. The van der Waals surface area contributed by atoms with Gasteiger partial charge in [0.05, 0.1) is 12.1 Å². The van der Waals surface area contributed by atoms with E-state index in [-0.39, 0.29) is 24.0 Å². The summed E-state index contributed by atoms with van der Waals surface area (Å²) in [5.41, 5.74) is 1.55. The van der Waals surface area contributed by atoms with E-state index in [0.717, 1.165) is 35.4 Å². The van der Waals surface area contributed by atoms with Crippen LogP contribution in [0.15, 0.2) is 97.1 Å². The van der Waals surface area contributed by atoms with Crippen LogP contribution in [0, 0.1) is 0 Å². The van der Waals surface area contributed by atoms with Crippen molar-refractivity contribution in [2.75, 3.05) is 0 Å². The van der Waals surface area contributed by atoms with Gasteiger partial charge in [0.2, 0.25) is 0 Å². The fourth-order valence-electron chi connectivity index (χ4n) is 4.56. The maximum Gasteiger partial charge on any atom is 0.251 e. The van der Waals surface area contributed by atoms with Crippen molar-refractivity contribution in [3.05, 3.63) is 119 Å². The van der Waals surface area contributed by atoms with E-state index in [1.165, 1.54) is 12.1 Å². The molecule has 4 rings (SSSR count). The molecule has 0 saturated carbocycles. The van der Waals surface area contributed by atoms with Crippen LogP contribution < -0.4 is 10.6 Å². The smallest absolute Gasteiger partial charge is 0.251 e. The Hall–Kier alpha value is -5.06. The summed E-state index contributed by atoms with van der Waals surface area (Å²) < 4.78 is 0. The fraction of sp³-hybridized carbons (Fsp3) is 0.188. The summed E-state index contributed by atoms with van der Waals surface area (Å²) in [5, 5.41) is 67.3. The highest BCUT2D eigenvalue weighted by molar-refractivity contribution is 5.95. The molecule has 0 aliphatic heterocycles.